The standard InChI is InChI=1S/C23H21N5O3/c1-2-20-18(13-24-23-25-15-26-28(20)23)22(30)31-14-21(29)27-19-11-7-6-10-17(19)12-16-8-4-3-5-9-16/h3-11,13,15H,2,12,14H2,1H3,(H,27,29). The third-order valence-corrected chi connectivity index (χ3v) is 4.82. The van der Waals surface area contributed by atoms with E-state index < -0.39 is 18.5 Å². The lowest BCUT2D eigenvalue weighted by molar-refractivity contribution is -0.119. The Kier molecular flexibility index (Phi) is 5.98. The summed E-state index contributed by atoms with van der Waals surface area (Å²) in [5.41, 5.74) is 3.69. The predicted molar refractivity (Wildman–Crippen MR) is 115 cm³/mol. The van der Waals surface area contributed by atoms with Crippen LogP contribution in [-0.4, -0.2) is 38.1 Å². The molecule has 4 rings (SSSR count). The van der Waals surface area contributed by atoms with Crippen molar-refractivity contribution >= 4 is 23.3 Å². The fourth-order valence-electron chi connectivity index (χ4n) is 3.34. The number of hydrogen-bond donors (Lipinski definition) is 1. The van der Waals surface area contributed by atoms with Gasteiger partial charge >= 0.3 is 5.97 Å². The van der Waals surface area contributed by atoms with Crippen LogP contribution in [-0.2, 0) is 22.4 Å². The molecule has 0 radical (unpaired) electrons. The van der Waals surface area contributed by atoms with E-state index in [0.29, 0.717) is 30.0 Å². The summed E-state index contributed by atoms with van der Waals surface area (Å²) in [7, 11) is 0. The zero-order valence-electron chi connectivity index (χ0n) is 17.0. The predicted octanol–water partition coefficient (Wildman–Crippen LogP) is 3.07. The van der Waals surface area contributed by atoms with Gasteiger partial charge in [-0.1, -0.05) is 55.5 Å². The van der Waals surface area contributed by atoms with E-state index in [-0.39, 0.29) is 5.56 Å². The molecule has 0 saturated heterocycles. The molecule has 2 heterocycles. The summed E-state index contributed by atoms with van der Waals surface area (Å²) in [6.45, 7) is 1.49. The number of carbonyl (C=O) groups is 2. The van der Waals surface area contributed by atoms with Crippen LogP contribution < -0.4 is 5.32 Å². The Morgan fingerprint density at radius 1 is 1.03 bits per heavy atom. The van der Waals surface area contributed by atoms with Crippen LogP contribution in [0.5, 0.6) is 0 Å². The van der Waals surface area contributed by atoms with Gasteiger partial charge in [0, 0.05) is 11.9 Å². The maximum Gasteiger partial charge on any atom is 0.342 e. The van der Waals surface area contributed by atoms with Crippen molar-refractivity contribution in [3.05, 3.63) is 89.5 Å². The molecule has 1 amide bonds. The minimum Gasteiger partial charge on any atom is -0.452 e. The average Bonchev–Trinajstić information content (AvgIpc) is 3.28. The SMILES string of the molecule is CCc1c(C(=O)OCC(=O)Nc2ccccc2Cc2ccccc2)cnc2ncnn12. The second-order valence-corrected chi connectivity index (χ2v) is 6.89. The van der Waals surface area contributed by atoms with Crippen molar-refractivity contribution in [1.82, 2.24) is 19.6 Å². The zero-order chi connectivity index (χ0) is 21.6. The third-order valence-electron chi connectivity index (χ3n) is 4.82. The first kappa shape index (κ1) is 20.2. The first-order valence-electron chi connectivity index (χ1n) is 9.92. The average molecular weight is 415 g/mol. The summed E-state index contributed by atoms with van der Waals surface area (Å²) >= 11 is 0. The number of nitrogens with one attached hydrogen (secondary N) is 1. The molecule has 31 heavy (non-hydrogen) atoms. The summed E-state index contributed by atoms with van der Waals surface area (Å²) in [6, 6.07) is 17.5. The van der Waals surface area contributed by atoms with Gasteiger partial charge in [-0.3, -0.25) is 4.79 Å². The van der Waals surface area contributed by atoms with E-state index in [2.05, 4.69) is 20.4 Å². The van der Waals surface area contributed by atoms with E-state index >= 15 is 0 Å². The van der Waals surface area contributed by atoms with Crippen LogP contribution in [0.4, 0.5) is 5.69 Å². The van der Waals surface area contributed by atoms with Gasteiger partial charge in [0.1, 0.15) is 6.33 Å². The lowest BCUT2D eigenvalue weighted by Crippen LogP contribution is -2.22. The highest BCUT2D eigenvalue weighted by atomic mass is 16.5. The topological polar surface area (TPSA) is 98.5 Å². The van der Waals surface area contributed by atoms with Crippen LogP contribution in [0.3, 0.4) is 0 Å². The number of anilines is 1. The van der Waals surface area contributed by atoms with Gasteiger partial charge in [0.2, 0.25) is 0 Å². The van der Waals surface area contributed by atoms with Gasteiger partial charge in [-0.25, -0.2) is 14.3 Å². The number of aromatic nitrogens is 4. The van der Waals surface area contributed by atoms with Crippen LogP contribution in [0.15, 0.2) is 67.1 Å². The Bertz CT molecular complexity index is 1220. The van der Waals surface area contributed by atoms with E-state index in [1.807, 2.05) is 61.5 Å². The normalized spacial score (nSPS) is 10.7. The Morgan fingerprint density at radius 3 is 2.61 bits per heavy atom. The highest BCUT2D eigenvalue weighted by Crippen LogP contribution is 2.19. The molecular formula is C23H21N5O3. The van der Waals surface area contributed by atoms with E-state index in [1.54, 1.807) is 0 Å². The molecule has 0 saturated carbocycles. The van der Waals surface area contributed by atoms with Gasteiger partial charge < -0.3 is 10.1 Å². The summed E-state index contributed by atoms with van der Waals surface area (Å²) in [6.07, 6.45) is 3.99. The molecule has 2 aromatic carbocycles. The molecule has 0 bridgehead atoms. The highest BCUT2D eigenvalue weighted by Gasteiger charge is 2.18. The Hall–Kier alpha value is -4.07. The molecular weight excluding hydrogens is 394 g/mol. The van der Waals surface area contributed by atoms with Crippen molar-refractivity contribution in [2.24, 2.45) is 0 Å². The molecule has 0 fully saturated rings. The molecule has 156 valence electrons. The highest BCUT2D eigenvalue weighted by molar-refractivity contribution is 5.96. The van der Waals surface area contributed by atoms with Crippen molar-refractivity contribution in [1.29, 1.82) is 0 Å². The van der Waals surface area contributed by atoms with Gasteiger partial charge in [-0.05, 0) is 30.0 Å². The number of hydrogen-bond acceptors (Lipinski definition) is 6. The fraction of sp³-hybridized carbons (Fsp3) is 0.174. The van der Waals surface area contributed by atoms with Gasteiger partial charge in [0.05, 0.1) is 11.3 Å². The summed E-state index contributed by atoms with van der Waals surface area (Å²) < 4.78 is 6.73. The Morgan fingerprint density at radius 2 is 1.81 bits per heavy atom. The number of carbonyl (C=O) groups excluding carboxylic acids is 2. The van der Waals surface area contributed by atoms with Gasteiger partial charge in [-0.2, -0.15) is 10.1 Å². The van der Waals surface area contributed by atoms with E-state index in [0.717, 1.165) is 11.1 Å². The first-order chi connectivity index (χ1) is 15.2. The molecule has 0 aliphatic carbocycles. The number of ether oxygens (including phenoxy) is 1. The van der Waals surface area contributed by atoms with Crippen molar-refractivity contribution < 1.29 is 14.3 Å². The molecule has 0 spiro atoms. The second kappa shape index (κ2) is 9.17. The quantitative estimate of drug-likeness (QED) is 0.466. The molecule has 1 N–H and O–H groups in total. The molecule has 0 aliphatic heterocycles. The lowest BCUT2D eigenvalue weighted by Gasteiger charge is -2.12. The largest absolute Gasteiger partial charge is 0.452 e. The van der Waals surface area contributed by atoms with Crippen LogP contribution in [0.2, 0.25) is 0 Å². The van der Waals surface area contributed by atoms with Crippen LogP contribution >= 0.6 is 0 Å². The zero-order valence-corrected chi connectivity index (χ0v) is 17.0. The van der Waals surface area contributed by atoms with E-state index in [1.165, 1.54) is 17.0 Å². The second-order valence-electron chi connectivity index (χ2n) is 6.89. The Labute approximate surface area is 178 Å². The number of para-hydroxylation sites is 1. The van der Waals surface area contributed by atoms with Crippen LogP contribution in [0, 0.1) is 0 Å². The maximum absolute atomic E-state index is 12.6. The molecule has 0 aliphatic rings. The summed E-state index contributed by atoms with van der Waals surface area (Å²) in [5.74, 6) is -0.641. The monoisotopic (exact) mass is 415 g/mol. The molecule has 8 nitrogen and oxygen atoms in total. The molecule has 0 atom stereocenters. The molecule has 2 aromatic heterocycles. The van der Waals surface area contributed by atoms with Crippen molar-refractivity contribution in [3.63, 3.8) is 0 Å². The van der Waals surface area contributed by atoms with Gasteiger partial charge in [0.15, 0.2) is 6.61 Å². The number of benzene rings is 2. The Balaban J connectivity index is 1.42. The lowest BCUT2D eigenvalue weighted by atomic mass is 10.0. The summed E-state index contributed by atoms with van der Waals surface area (Å²) in [4.78, 5) is 33.1. The fourth-order valence-corrected chi connectivity index (χ4v) is 3.34. The van der Waals surface area contributed by atoms with E-state index in [9.17, 15) is 9.59 Å². The molecule has 4 aromatic rings. The smallest absolute Gasteiger partial charge is 0.342 e. The van der Waals surface area contributed by atoms with Crippen LogP contribution in [0.1, 0.15) is 34.1 Å². The third kappa shape index (κ3) is 4.58. The van der Waals surface area contributed by atoms with Crippen molar-refractivity contribution in [2.75, 3.05) is 11.9 Å². The number of esters is 1. The maximum atomic E-state index is 12.6. The molecule has 8 heteroatoms. The van der Waals surface area contributed by atoms with Gasteiger partial charge in [0.25, 0.3) is 11.7 Å². The minimum absolute atomic E-state index is 0.262. The molecule has 0 unspecified atom stereocenters. The van der Waals surface area contributed by atoms with E-state index in [4.69, 9.17) is 4.74 Å². The van der Waals surface area contributed by atoms with Crippen molar-refractivity contribution in [3.8, 4) is 0 Å². The summed E-state index contributed by atoms with van der Waals surface area (Å²) in [5, 5.41) is 6.92. The first-order valence-corrected chi connectivity index (χ1v) is 9.92. The van der Waals surface area contributed by atoms with Gasteiger partial charge in [-0.15, -0.1) is 0 Å². The minimum atomic E-state index is -0.630. The number of fused-ring (bicyclic) bond motifs is 1. The van der Waals surface area contributed by atoms with Crippen LogP contribution in [0.25, 0.3) is 5.78 Å². The number of aryl methyl sites for hydroxylation is 1. The van der Waals surface area contributed by atoms with Crippen molar-refractivity contribution in [2.45, 2.75) is 19.8 Å². The number of rotatable bonds is 7. The number of amides is 1. The number of nitrogens with zero attached hydrogens (tertiary/aromatic N) is 4.